The molecule has 0 amide bonds. The molecule has 0 aliphatic carbocycles. The number of halogens is 1. The van der Waals surface area contributed by atoms with E-state index >= 15 is 0 Å². The zero-order chi connectivity index (χ0) is 10.7. The van der Waals surface area contributed by atoms with Crippen LogP contribution >= 0.6 is 11.6 Å². The van der Waals surface area contributed by atoms with E-state index in [0.29, 0.717) is 6.61 Å². The molecular weight excluding hydrogens is 210 g/mol. The number of ether oxygens (including phenoxy) is 1. The van der Waals surface area contributed by atoms with Crippen molar-refractivity contribution >= 4 is 11.6 Å². The number of hydrogen-bond acceptors (Lipinski definition) is 2. The third-order valence-corrected chi connectivity index (χ3v) is 2.92. The van der Waals surface area contributed by atoms with E-state index in [2.05, 4.69) is 6.07 Å². The summed E-state index contributed by atoms with van der Waals surface area (Å²) in [5.41, 5.74) is 1.07. The van der Waals surface area contributed by atoms with Crippen LogP contribution in [0.25, 0.3) is 0 Å². The highest BCUT2D eigenvalue weighted by atomic mass is 35.5. The minimum atomic E-state index is 0.0297. The predicted octanol–water partition coefficient (Wildman–Crippen LogP) is 3.33. The van der Waals surface area contributed by atoms with E-state index in [1.54, 1.807) is 0 Å². The summed E-state index contributed by atoms with van der Waals surface area (Å²) in [5.74, 6) is 0.114. The van der Waals surface area contributed by atoms with Crippen molar-refractivity contribution in [1.29, 1.82) is 5.26 Å². The van der Waals surface area contributed by atoms with E-state index in [0.717, 1.165) is 23.4 Å². The van der Waals surface area contributed by atoms with E-state index in [1.165, 1.54) is 0 Å². The van der Waals surface area contributed by atoms with Crippen LogP contribution in [0, 0.1) is 17.2 Å². The highest BCUT2D eigenvalue weighted by molar-refractivity contribution is 6.30. The third kappa shape index (κ3) is 2.50. The largest absolute Gasteiger partial charge is 0.373 e. The lowest BCUT2D eigenvalue weighted by Crippen LogP contribution is -2.18. The van der Waals surface area contributed by atoms with Gasteiger partial charge in [-0.3, -0.25) is 0 Å². The lowest BCUT2D eigenvalue weighted by Gasteiger charge is -2.26. The van der Waals surface area contributed by atoms with Crippen LogP contribution in [0.1, 0.15) is 24.5 Å². The Morgan fingerprint density at radius 2 is 2.33 bits per heavy atom. The second kappa shape index (κ2) is 4.65. The Balaban J connectivity index is 2.14. The normalized spacial score (nSPS) is 25.9. The Kier molecular flexibility index (Phi) is 3.25. The molecule has 2 rings (SSSR count). The second-order valence-corrected chi connectivity index (χ2v) is 4.20. The summed E-state index contributed by atoms with van der Waals surface area (Å²) in [6, 6.07) is 9.97. The van der Waals surface area contributed by atoms with Crippen LogP contribution in [0.15, 0.2) is 24.3 Å². The van der Waals surface area contributed by atoms with Crippen molar-refractivity contribution in [2.24, 2.45) is 5.92 Å². The second-order valence-electron chi connectivity index (χ2n) is 3.76. The number of nitriles is 1. The van der Waals surface area contributed by atoms with Crippen LogP contribution in [0.5, 0.6) is 0 Å². The molecule has 0 radical (unpaired) electrons. The molecule has 78 valence electrons. The standard InChI is InChI=1S/C12H12ClNO/c13-11-3-1-2-10(7-11)12-6-9(8-14)4-5-15-12/h1-3,7,9,12H,4-6H2. The molecule has 1 aliphatic rings. The average molecular weight is 222 g/mol. The maximum Gasteiger partial charge on any atom is 0.0838 e. The molecule has 0 bridgehead atoms. The monoisotopic (exact) mass is 221 g/mol. The third-order valence-electron chi connectivity index (χ3n) is 2.69. The first-order valence-electron chi connectivity index (χ1n) is 5.06. The van der Waals surface area contributed by atoms with E-state index in [4.69, 9.17) is 21.6 Å². The average Bonchev–Trinajstić information content (AvgIpc) is 2.29. The minimum absolute atomic E-state index is 0.0297. The Morgan fingerprint density at radius 1 is 1.47 bits per heavy atom. The summed E-state index contributed by atoms with van der Waals surface area (Å²) in [6.45, 7) is 0.662. The smallest absolute Gasteiger partial charge is 0.0838 e. The van der Waals surface area contributed by atoms with Crippen molar-refractivity contribution in [3.8, 4) is 6.07 Å². The zero-order valence-corrected chi connectivity index (χ0v) is 9.07. The van der Waals surface area contributed by atoms with Crippen molar-refractivity contribution in [2.45, 2.75) is 18.9 Å². The maximum absolute atomic E-state index is 8.88. The van der Waals surface area contributed by atoms with Gasteiger partial charge in [0.15, 0.2) is 0 Å². The van der Waals surface area contributed by atoms with Crippen molar-refractivity contribution in [3.05, 3.63) is 34.9 Å². The lowest BCUT2D eigenvalue weighted by atomic mass is 9.93. The van der Waals surface area contributed by atoms with Crippen molar-refractivity contribution in [2.75, 3.05) is 6.61 Å². The molecule has 1 fully saturated rings. The molecule has 1 heterocycles. The lowest BCUT2D eigenvalue weighted by molar-refractivity contribution is 0.000714. The van der Waals surface area contributed by atoms with Crippen LogP contribution in [0.2, 0.25) is 5.02 Å². The van der Waals surface area contributed by atoms with Gasteiger partial charge >= 0.3 is 0 Å². The van der Waals surface area contributed by atoms with Gasteiger partial charge in [0.1, 0.15) is 0 Å². The molecule has 1 aromatic carbocycles. The molecule has 0 saturated carbocycles. The number of benzene rings is 1. The van der Waals surface area contributed by atoms with Crippen LogP contribution in [-0.2, 0) is 4.74 Å². The molecule has 1 aromatic rings. The van der Waals surface area contributed by atoms with Gasteiger partial charge in [0.05, 0.1) is 18.1 Å². The number of nitrogens with zero attached hydrogens (tertiary/aromatic N) is 1. The van der Waals surface area contributed by atoms with Crippen LogP contribution < -0.4 is 0 Å². The van der Waals surface area contributed by atoms with Gasteiger partial charge in [-0.15, -0.1) is 0 Å². The summed E-state index contributed by atoms with van der Waals surface area (Å²) in [6.07, 6.45) is 1.65. The van der Waals surface area contributed by atoms with Gasteiger partial charge in [-0.1, -0.05) is 23.7 Å². The summed E-state index contributed by atoms with van der Waals surface area (Å²) in [7, 11) is 0. The molecule has 0 N–H and O–H groups in total. The molecule has 0 aromatic heterocycles. The molecule has 0 spiro atoms. The zero-order valence-electron chi connectivity index (χ0n) is 8.32. The molecular formula is C12H12ClNO. The summed E-state index contributed by atoms with van der Waals surface area (Å²) >= 11 is 5.91. The topological polar surface area (TPSA) is 33.0 Å². The fourth-order valence-corrected chi connectivity index (χ4v) is 2.05. The molecule has 2 atom stereocenters. The maximum atomic E-state index is 8.88. The van der Waals surface area contributed by atoms with Crippen LogP contribution in [-0.4, -0.2) is 6.61 Å². The molecule has 3 heteroatoms. The van der Waals surface area contributed by atoms with Gasteiger partial charge in [0, 0.05) is 11.6 Å². The first-order valence-corrected chi connectivity index (χ1v) is 5.44. The van der Waals surface area contributed by atoms with Crippen molar-refractivity contribution in [1.82, 2.24) is 0 Å². The van der Waals surface area contributed by atoms with Crippen LogP contribution in [0.4, 0.5) is 0 Å². The van der Waals surface area contributed by atoms with Crippen molar-refractivity contribution in [3.63, 3.8) is 0 Å². The number of hydrogen-bond donors (Lipinski definition) is 0. The molecule has 2 nitrogen and oxygen atoms in total. The van der Waals surface area contributed by atoms with Gasteiger partial charge in [-0.2, -0.15) is 5.26 Å². The first-order chi connectivity index (χ1) is 7.29. The van der Waals surface area contributed by atoms with E-state index in [1.807, 2.05) is 24.3 Å². The summed E-state index contributed by atoms with van der Waals surface area (Å²) in [4.78, 5) is 0. The highest BCUT2D eigenvalue weighted by Crippen LogP contribution is 2.32. The van der Waals surface area contributed by atoms with E-state index < -0.39 is 0 Å². The van der Waals surface area contributed by atoms with E-state index in [9.17, 15) is 0 Å². The summed E-state index contributed by atoms with van der Waals surface area (Å²) in [5, 5.41) is 9.60. The quantitative estimate of drug-likeness (QED) is 0.729. The Morgan fingerprint density at radius 3 is 3.07 bits per heavy atom. The molecule has 2 unspecified atom stereocenters. The predicted molar refractivity (Wildman–Crippen MR) is 58.5 cm³/mol. The minimum Gasteiger partial charge on any atom is -0.373 e. The van der Waals surface area contributed by atoms with Gasteiger partial charge < -0.3 is 4.74 Å². The van der Waals surface area contributed by atoms with Gasteiger partial charge in [0.2, 0.25) is 0 Å². The van der Waals surface area contributed by atoms with Gasteiger partial charge in [-0.25, -0.2) is 0 Å². The summed E-state index contributed by atoms with van der Waals surface area (Å²) < 4.78 is 5.64. The fourth-order valence-electron chi connectivity index (χ4n) is 1.85. The molecule has 15 heavy (non-hydrogen) atoms. The van der Waals surface area contributed by atoms with Gasteiger partial charge in [0.25, 0.3) is 0 Å². The van der Waals surface area contributed by atoms with Gasteiger partial charge in [-0.05, 0) is 30.5 Å². The Bertz CT molecular complexity index is 385. The first kappa shape index (κ1) is 10.5. The molecule has 1 saturated heterocycles. The van der Waals surface area contributed by atoms with Crippen molar-refractivity contribution < 1.29 is 4.74 Å². The number of rotatable bonds is 1. The van der Waals surface area contributed by atoms with E-state index in [-0.39, 0.29) is 12.0 Å². The Labute approximate surface area is 94.4 Å². The molecule has 1 aliphatic heterocycles. The fraction of sp³-hybridized carbons (Fsp3) is 0.417. The highest BCUT2D eigenvalue weighted by Gasteiger charge is 2.23. The Hall–Kier alpha value is -1.04. The SMILES string of the molecule is N#CC1CCOC(c2cccc(Cl)c2)C1. The van der Waals surface area contributed by atoms with Crippen LogP contribution in [0.3, 0.4) is 0 Å².